The normalized spacial score (nSPS) is 17.8. The van der Waals surface area contributed by atoms with E-state index in [-0.39, 0.29) is 17.6 Å². The van der Waals surface area contributed by atoms with Crippen LogP contribution in [0.4, 0.5) is 13.2 Å². The van der Waals surface area contributed by atoms with E-state index in [9.17, 15) is 18.0 Å². The summed E-state index contributed by atoms with van der Waals surface area (Å²) in [6, 6.07) is 3.55. The van der Waals surface area contributed by atoms with Crippen LogP contribution in [0.1, 0.15) is 23.1 Å². The topological polar surface area (TPSA) is 41.6 Å². The first-order valence-electron chi connectivity index (χ1n) is 7.93. The summed E-state index contributed by atoms with van der Waals surface area (Å²) in [6.45, 7) is 4.10. The third-order valence-electron chi connectivity index (χ3n) is 4.11. The predicted molar refractivity (Wildman–Crippen MR) is 84.9 cm³/mol. The minimum absolute atomic E-state index is 0.00610. The maximum absolute atomic E-state index is 12.3. The van der Waals surface area contributed by atoms with E-state index in [1.807, 2.05) is 0 Å². The van der Waals surface area contributed by atoms with Crippen LogP contribution in [-0.4, -0.2) is 43.7 Å². The quantitative estimate of drug-likeness (QED) is 0.893. The van der Waals surface area contributed by atoms with E-state index in [0.717, 1.165) is 18.5 Å². The third-order valence-corrected chi connectivity index (χ3v) is 4.11. The second kappa shape index (κ2) is 7.42. The van der Waals surface area contributed by atoms with E-state index in [4.69, 9.17) is 4.74 Å². The fourth-order valence-electron chi connectivity index (χ4n) is 3.04. The van der Waals surface area contributed by atoms with Gasteiger partial charge in [0, 0.05) is 20.1 Å². The minimum atomic E-state index is -4.36. The van der Waals surface area contributed by atoms with Crippen LogP contribution in [0.3, 0.4) is 0 Å². The number of aryl methyl sites for hydroxylation is 2. The molecule has 24 heavy (non-hydrogen) atoms. The third kappa shape index (κ3) is 4.87. The van der Waals surface area contributed by atoms with Crippen LogP contribution >= 0.6 is 0 Å². The summed E-state index contributed by atoms with van der Waals surface area (Å²) in [5.74, 6) is 0.351. The first-order valence-corrected chi connectivity index (χ1v) is 7.93. The van der Waals surface area contributed by atoms with Crippen molar-refractivity contribution in [2.24, 2.45) is 5.92 Å². The summed E-state index contributed by atoms with van der Waals surface area (Å²) in [4.78, 5) is 14.0. The van der Waals surface area contributed by atoms with E-state index >= 15 is 0 Å². The van der Waals surface area contributed by atoms with Crippen LogP contribution in [0.2, 0.25) is 0 Å². The smallest absolute Gasteiger partial charge is 0.422 e. The first-order chi connectivity index (χ1) is 11.2. The van der Waals surface area contributed by atoms with Gasteiger partial charge in [-0.05, 0) is 43.5 Å². The first kappa shape index (κ1) is 18.6. The van der Waals surface area contributed by atoms with Crippen molar-refractivity contribution >= 4 is 5.91 Å². The molecule has 1 aliphatic rings. The standard InChI is InChI=1S/C17H23F3N2O2/c1-11-6-13(7-12(2)15(11)24-10-17(18,19)20)9-22(3)16(23)14-4-5-21-8-14/h6-7,14,21H,4-5,8-10H2,1-3H3. The number of amides is 1. The molecule has 1 aliphatic heterocycles. The molecule has 1 atom stereocenters. The molecule has 0 bridgehead atoms. The van der Waals surface area contributed by atoms with Crippen molar-refractivity contribution in [2.75, 3.05) is 26.7 Å². The van der Waals surface area contributed by atoms with Crippen molar-refractivity contribution < 1.29 is 22.7 Å². The molecule has 1 aromatic carbocycles. The molecule has 1 heterocycles. The number of carbonyl (C=O) groups excluding carboxylic acids is 1. The van der Waals surface area contributed by atoms with Gasteiger partial charge >= 0.3 is 6.18 Å². The Bertz CT molecular complexity index is 573. The lowest BCUT2D eigenvalue weighted by Crippen LogP contribution is -2.33. The molecule has 1 amide bonds. The minimum Gasteiger partial charge on any atom is -0.484 e. The van der Waals surface area contributed by atoms with Crippen LogP contribution < -0.4 is 10.1 Å². The summed E-state index contributed by atoms with van der Waals surface area (Å²) < 4.78 is 41.9. The molecule has 1 fully saturated rings. The van der Waals surface area contributed by atoms with Crippen molar-refractivity contribution in [1.82, 2.24) is 10.2 Å². The number of rotatable bonds is 5. The summed E-state index contributed by atoms with van der Waals surface area (Å²) in [7, 11) is 1.75. The lowest BCUT2D eigenvalue weighted by molar-refractivity contribution is -0.153. The van der Waals surface area contributed by atoms with Gasteiger partial charge in [0.15, 0.2) is 6.61 Å². The highest BCUT2D eigenvalue weighted by molar-refractivity contribution is 5.79. The van der Waals surface area contributed by atoms with Gasteiger partial charge in [-0.2, -0.15) is 13.2 Å². The van der Waals surface area contributed by atoms with Gasteiger partial charge in [0.1, 0.15) is 5.75 Å². The van der Waals surface area contributed by atoms with Crippen LogP contribution in [0, 0.1) is 19.8 Å². The van der Waals surface area contributed by atoms with Gasteiger partial charge in [0.25, 0.3) is 0 Å². The van der Waals surface area contributed by atoms with E-state index < -0.39 is 12.8 Å². The molecule has 7 heteroatoms. The van der Waals surface area contributed by atoms with Crippen molar-refractivity contribution in [3.8, 4) is 5.75 Å². The average molecular weight is 344 g/mol. The highest BCUT2D eigenvalue weighted by Gasteiger charge is 2.29. The molecule has 1 saturated heterocycles. The average Bonchev–Trinajstić information content (AvgIpc) is 2.98. The molecule has 0 radical (unpaired) electrons. The zero-order valence-electron chi connectivity index (χ0n) is 14.2. The second-order valence-electron chi connectivity index (χ2n) is 6.35. The Hall–Kier alpha value is -1.76. The lowest BCUT2D eigenvalue weighted by atomic mass is 10.0. The molecule has 0 aliphatic carbocycles. The van der Waals surface area contributed by atoms with Crippen molar-refractivity contribution in [3.63, 3.8) is 0 Å². The van der Waals surface area contributed by atoms with Crippen LogP contribution in [0.5, 0.6) is 5.75 Å². The van der Waals surface area contributed by atoms with E-state index in [0.29, 0.717) is 24.2 Å². The van der Waals surface area contributed by atoms with E-state index in [2.05, 4.69) is 5.32 Å². The number of hydrogen-bond acceptors (Lipinski definition) is 3. The number of halogens is 3. The number of nitrogens with zero attached hydrogens (tertiary/aromatic N) is 1. The zero-order chi connectivity index (χ0) is 17.9. The van der Waals surface area contributed by atoms with Crippen molar-refractivity contribution in [2.45, 2.75) is 33.0 Å². The van der Waals surface area contributed by atoms with Gasteiger partial charge in [0.05, 0.1) is 5.92 Å². The highest BCUT2D eigenvalue weighted by Crippen LogP contribution is 2.27. The summed E-state index contributed by atoms with van der Waals surface area (Å²) in [6.07, 6.45) is -3.52. The van der Waals surface area contributed by atoms with E-state index in [1.165, 1.54) is 0 Å². The van der Waals surface area contributed by atoms with Gasteiger partial charge in [0.2, 0.25) is 5.91 Å². The number of alkyl halides is 3. The molecular formula is C17H23F3N2O2. The van der Waals surface area contributed by atoms with Gasteiger partial charge < -0.3 is 15.0 Å². The van der Waals surface area contributed by atoms with Crippen molar-refractivity contribution in [3.05, 3.63) is 28.8 Å². The molecule has 1 N–H and O–H groups in total. The molecule has 4 nitrogen and oxygen atoms in total. The Morgan fingerprint density at radius 1 is 1.33 bits per heavy atom. The fraction of sp³-hybridized carbons (Fsp3) is 0.588. The highest BCUT2D eigenvalue weighted by atomic mass is 19.4. The van der Waals surface area contributed by atoms with E-state index in [1.54, 1.807) is 37.9 Å². The molecule has 1 unspecified atom stereocenters. The number of carbonyl (C=O) groups is 1. The lowest BCUT2D eigenvalue weighted by Gasteiger charge is -2.22. The zero-order valence-corrected chi connectivity index (χ0v) is 14.2. The number of ether oxygens (including phenoxy) is 1. The van der Waals surface area contributed by atoms with Crippen LogP contribution in [0.15, 0.2) is 12.1 Å². The SMILES string of the molecule is Cc1cc(CN(C)C(=O)C2CCNC2)cc(C)c1OCC(F)(F)F. The predicted octanol–water partition coefficient (Wildman–Crippen LogP) is 2.81. The van der Waals surface area contributed by atoms with Gasteiger partial charge in [-0.1, -0.05) is 12.1 Å². The second-order valence-corrected chi connectivity index (χ2v) is 6.35. The Labute approximate surface area is 140 Å². The largest absolute Gasteiger partial charge is 0.484 e. The molecular weight excluding hydrogens is 321 g/mol. The Morgan fingerprint density at radius 3 is 2.46 bits per heavy atom. The Morgan fingerprint density at radius 2 is 1.96 bits per heavy atom. The summed E-state index contributed by atoms with van der Waals surface area (Å²) >= 11 is 0. The molecule has 0 aromatic heterocycles. The Kier molecular flexibility index (Phi) is 5.74. The molecule has 134 valence electrons. The Balaban J connectivity index is 2.05. The number of hydrogen-bond donors (Lipinski definition) is 1. The van der Waals surface area contributed by atoms with Crippen LogP contribution in [0.25, 0.3) is 0 Å². The van der Waals surface area contributed by atoms with Crippen LogP contribution in [-0.2, 0) is 11.3 Å². The molecule has 1 aromatic rings. The molecule has 2 rings (SSSR count). The number of nitrogens with one attached hydrogen (secondary N) is 1. The van der Waals surface area contributed by atoms with Crippen molar-refractivity contribution in [1.29, 1.82) is 0 Å². The number of benzene rings is 1. The van der Waals surface area contributed by atoms with Gasteiger partial charge in [-0.3, -0.25) is 4.79 Å². The fourth-order valence-corrected chi connectivity index (χ4v) is 3.04. The van der Waals surface area contributed by atoms with Gasteiger partial charge in [-0.15, -0.1) is 0 Å². The maximum Gasteiger partial charge on any atom is 0.422 e. The summed E-state index contributed by atoms with van der Waals surface area (Å²) in [5.41, 5.74) is 2.15. The monoisotopic (exact) mass is 344 g/mol. The molecule has 0 saturated carbocycles. The summed E-state index contributed by atoms with van der Waals surface area (Å²) in [5, 5.41) is 3.17. The van der Waals surface area contributed by atoms with Gasteiger partial charge in [-0.25, -0.2) is 0 Å². The molecule has 0 spiro atoms. The maximum atomic E-state index is 12.3.